The maximum atomic E-state index is 9.60. The molecule has 4 rings (SSSR count). The molecule has 1 aliphatic rings. The molecule has 0 saturated heterocycles. The van der Waals surface area contributed by atoms with E-state index in [-0.39, 0.29) is 6.61 Å². The highest BCUT2D eigenvalue weighted by molar-refractivity contribution is 5.77. The molecule has 0 spiro atoms. The fraction of sp³-hybridized carbons (Fsp3) is 0.241. The van der Waals surface area contributed by atoms with E-state index in [2.05, 4.69) is 79.7 Å². The van der Waals surface area contributed by atoms with Crippen LogP contribution in [0.3, 0.4) is 0 Å². The molecule has 0 aromatic heterocycles. The van der Waals surface area contributed by atoms with E-state index in [0.29, 0.717) is 0 Å². The van der Waals surface area contributed by atoms with Crippen LogP contribution in [-0.2, 0) is 32.3 Å². The van der Waals surface area contributed by atoms with E-state index in [0.717, 1.165) is 37.0 Å². The summed E-state index contributed by atoms with van der Waals surface area (Å²) < 4.78 is 5.43. The summed E-state index contributed by atoms with van der Waals surface area (Å²) in [5.41, 5.74) is 10.3. The molecule has 0 heterocycles. The number of hydrogen-bond donors (Lipinski definition) is 1. The quantitative estimate of drug-likeness (QED) is 0.480. The smallest absolute Gasteiger partial charge is 0.119 e. The van der Waals surface area contributed by atoms with Gasteiger partial charge in [0.25, 0.3) is 0 Å². The zero-order chi connectivity index (χ0) is 21.6. The average molecular weight is 411 g/mol. The predicted octanol–water partition coefficient (Wildman–Crippen LogP) is 6.19. The van der Waals surface area contributed by atoms with Crippen molar-refractivity contribution < 1.29 is 9.84 Å². The predicted molar refractivity (Wildman–Crippen MR) is 129 cm³/mol. The summed E-state index contributed by atoms with van der Waals surface area (Å²) in [7, 11) is 1.67. The Kier molecular flexibility index (Phi) is 6.69. The van der Waals surface area contributed by atoms with Gasteiger partial charge in [-0.15, -0.1) is 0 Å². The lowest BCUT2D eigenvalue weighted by Gasteiger charge is -2.14. The number of aliphatic hydroxyl groups is 1. The van der Waals surface area contributed by atoms with Gasteiger partial charge in [-0.05, 0) is 89.3 Å². The molecule has 0 aliphatic heterocycles. The van der Waals surface area contributed by atoms with E-state index in [9.17, 15) is 5.11 Å². The van der Waals surface area contributed by atoms with Crippen molar-refractivity contribution in [2.75, 3.05) is 7.11 Å². The van der Waals surface area contributed by atoms with E-state index < -0.39 is 0 Å². The van der Waals surface area contributed by atoms with Crippen molar-refractivity contribution in [3.8, 4) is 5.75 Å². The molecule has 0 unspecified atom stereocenters. The van der Waals surface area contributed by atoms with Gasteiger partial charge in [0, 0.05) is 0 Å². The second kappa shape index (κ2) is 9.80. The zero-order valence-corrected chi connectivity index (χ0v) is 18.4. The molecule has 0 atom stereocenters. The second-order valence-corrected chi connectivity index (χ2v) is 8.15. The van der Waals surface area contributed by atoms with Gasteiger partial charge in [-0.3, -0.25) is 0 Å². The molecule has 0 saturated carbocycles. The minimum absolute atomic E-state index is 0.0252. The molecular formula is C29H30O2. The molecule has 0 bridgehead atoms. The number of allylic oxidation sites excluding steroid dienone is 3. The Morgan fingerprint density at radius 1 is 0.935 bits per heavy atom. The fourth-order valence-electron chi connectivity index (χ4n) is 4.52. The van der Waals surface area contributed by atoms with Crippen LogP contribution in [0, 0.1) is 0 Å². The molecule has 2 heteroatoms. The molecule has 3 aromatic carbocycles. The first-order chi connectivity index (χ1) is 15.2. The summed E-state index contributed by atoms with van der Waals surface area (Å²) in [5, 5.41) is 9.60. The van der Waals surface area contributed by atoms with Crippen LogP contribution in [-0.4, -0.2) is 12.2 Å². The molecule has 0 radical (unpaired) electrons. The molecule has 2 nitrogen and oxygen atoms in total. The highest BCUT2D eigenvalue weighted by Crippen LogP contribution is 2.34. The summed E-state index contributed by atoms with van der Waals surface area (Å²) in [5.74, 6) is 0.801. The van der Waals surface area contributed by atoms with Crippen molar-refractivity contribution in [1.29, 1.82) is 0 Å². The van der Waals surface area contributed by atoms with Gasteiger partial charge < -0.3 is 9.84 Å². The van der Waals surface area contributed by atoms with Crippen LogP contribution in [0.4, 0.5) is 0 Å². The van der Waals surface area contributed by atoms with E-state index in [1.54, 1.807) is 7.11 Å². The van der Waals surface area contributed by atoms with Gasteiger partial charge >= 0.3 is 0 Å². The lowest BCUT2D eigenvalue weighted by molar-refractivity contribution is 0.281. The Morgan fingerprint density at radius 3 is 2.58 bits per heavy atom. The number of ether oxygens (including phenoxy) is 1. The number of hydrogen-bond acceptors (Lipinski definition) is 2. The van der Waals surface area contributed by atoms with E-state index in [1.165, 1.54) is 39.0 Å². The van der Waals surface area contributed by atoms with Crippen molar-refractivity contribution in [2.24, 2.45) is 0 Å². The summed E-state index contributed by atoms with van der Waals surface area (Å²) in [6.45, 7) is 2.08. The molecule has 3 aromatic rings. The Balaban J connectivity index is 1.56. The number of aryl methyl sites for hydroxylation is 2. The molecule has 1 aliphatic carbocycles. The van der Waals surface area contributed by atoms with Crippen molar-refractivity contribution in [2.45, 2.75) is 39.2 Å². The van der Waals surface area contributed by atoms with Crippen LogP contribution in [0.15, 0.2) is 72.8 Å². The Bertz CT molecular complexity index is 1100. The number of methoxy groups -OCH3 is 1. The van der Waals surface area contributed by atoms with E-state index in [1.807, 2.05) is 6.07 Å². The van der Waals surface area contributed by atoms with Crippen molar-refractivity contribution >= 4 is 11.6 Å². The maximum Gasteiger partial charge on any atom is 0.119 e. The van der Waals surface area contributed by atoms with Crippen LogP contribution < -0.4 is 4.74 Å². The third kappa shape index (κ3) is 4.98. The lowest BCUT2D eigenvalue weighted by atomic mass is 9.91. The first-order valence-corrected chi connectivity index (χ1v) is 11.0. The monoisotopic (exact) mass is 410 g/mol. The molecular weight excluding hydrogens is 380 g/mol. The lowest BCUT2D eigenvalue weighted by Crippen LogP contribution is -2.00. The van der Waals surface area contributed by atoms with Gasteiger partial charge in [0.2, 0.25) is 0 Å². The maximum absolute atomic E-state index is 9.60. The number of rotatable bonds is 8. The summed E-state index contributed by atoms with van der Waals surface area (Å²) >= 11 is 0. The average Bonchev–Trinajstić information content (AvgIpc) is 3.21. The number of aliphatic hydroxyl groups excluding tert-OH is 1. The Labute approximate surface area is 185 Å². The van der Waals surface area contributed by atoms with E-state index in [4.69, 9.17) is 4.74 Å². The minimum atomic E-state index is 0.0252. The normalized spacial score (nSPS) is 12.8. The Hall–Kier alpha value is -3.10. The molecule has 158 valence electrons. The van der Waals surface area contributed by atoms with Gasteiger partial charge in [-0.2, -0.15) is 0 Å². The van der Waals surface area contributed by atoms with Crippen molar-refractivity contribution in [1.82, 2.24) is 0 Å². The topological polar surface area (TPSA) is 29.5 Å². The van der Waals surface area contributed by atoms with Crippen LogP contribution in [0.5, 0.6) is 5.75 Å². The van der Waals surface area contributed by atoms with Gasteiger partial charge in [-0.1, -0.05) is 66.8 Å². The summed E-state index contributed by atoms with van der Waals surface area (Å²) in [6.07, 6.45) is 10.5. The van der Waals surface area contributed by atoms with Crippen LogP contribution >= 0.6 is 0 Å². The first-order valence-electron chi connectivity index (χ1n) is 11.0. The number of fused-ring (bicyclic) bond motifs is 1. The first kappa shape index (κ1) is 21.1. The van der Waals surface area contributed by atoms with Gasteiger partial charge in [0.1, 0.15) is 5.75 Å². The fourth-order valence-corrected chi connectivity index (χ4v) is 4.52. The summed E-state index contributed by atoms with van der Waals surface area (Å²) in [6, 6.07) is 21.6. The third-order valence-electron chi connectivity index (χ3n) is 5.96. The molecule has 0 fully saturated rings. The van der Waals surface area contributed by atoms with Crippen LogP contribution in [0.1, 0.15) is 45.9 Å². The molecule has 31 heavy (non-hydrogen) atoms. The Morgan fingerprint density at radius 2 is 1.77 bits per heavy atom. The second-order valence-electron chi connectivity index (χ2n) is 8.15. The molecule has 1 N–H and O–H groups in total. The highest BCUT2D eigenvalue weighted by atomic mass is 16.5. The van der Waals surface area contributed by atoms with Crippen molar-refractivity contribution in [3.63, 3.8) is 0 Å². The SMILES string of the molecule is C/C=C/c1cccc(CCc2cccc3c2C(Cc2cc(CO)cc(OC)c2)=CC3)c1. The molecule has 0 amide bonds. The van der Waals surface area contributed by atoms with Crippen LogP contribution in [0.2, 0.25) is 0 Å². The standard InChI is InChI=1S/C29H30O2/c1-3-6-21-7-4-8-22(15-21)11-12-25-9-5-10-26-13-14-27(29(25)26)17-23-16-24(20-30)19-28(18-23)31-2/h3-10,14-16,18-19,30H,11-13,17,20H2,1-2H3/b6-3+. The van der Waals surface area contributed by atoms with Gasteiger partial charge in [-0.25, -0.2) is 0 Å². The number of benzene rings is 3. The summed E-state index contributed by atoms with van der Waals surface area (Å²) in [4.78, 5) is 0. The minimum Gasteiger partial charge on any atom is -0.497 e. The third-order valence-corrected chi connectivity index (χ3v) is 5.96. The van der Waals surface area contributed by atoms with Crippen molar-refractivity contribution in [3.05, 3.63) is 112 Å². The highest BCUT2D eigenvalue weighted by Gasteiger charge is 2.18. The van der Waals surface area contributed by atoms with Crippen LogP contribution in [0.25, 0.3) is 11.6 Å². The largest absolute Gasteiger partial charge is 0.497 e. The van der Waals surface area contributed by atoms with Gasteiger partial charge in [0.15, 0.2) is 0 Å². The van der Waals surface area contributed by atoms with Gasteiger partial charge in [0.05, 0.1) is 13.7 Å². The van der Waals surface area contributed by atoms with E-state index >= 15 is 0 Å². The zero-order valence-electron chi connectivity index (χ0n) is 18.4.